The summed E-state index contributed by atoms with van der Waals surface area (Å²) in [6.45, 7) is 4.64. The first-order valence-corrected chi connectivity index (χ1v) is 9.24. The summed E-state index contributed by atoms with van der Waals surface area (Å²) in [5.41, 5.74) is 1.06. The topological polar surface area (TPSA) is 53.1 Å². The Labute approximate surface area is 163 Å². The van der Waals surface area contributed by atoms with E-state index in [1.54, 1.807) is 18.0 Å². The molecule has 0 heterocycles. The maximum Gasteiger partial charge on any atom is 0.236 e. The van der Waals surface area contributed by atoms with E-state index in [4.69, 9.17) is 4.74 Å². The average Bonchev–Trinajstić information content (AvgIpc) is 2.59. The van der Waals surface area contributed by atoms with E-state index in [-0.39, 0.29) is 11.7 Å². The molecule has 0 atom stereocenters. The molecule has 0 bridgehead atoms. The van der Waals surface area contributed by atoms with Gasteiger partial charge in [0.05, 0.1) is 13.2 Å². The highest BCUT2D eigenvalue weighted by molar-refractivity contribution is 5.87. The van der Waals surface area contributed by atoms with Crippen LogP contribution in [0.4, 0.5) is 0 Å². The molecule has 150 valence electrons. The Bertz CT molecular complexity index is 612. The molecular formula is C21H33N3O3. The molecule has 0 aliphatic heterocycles. The van der Waals surface area contributed by atoms with Gasteiger partial charge < -0.3 is 14.5 Å². The summed E-state index contributed by atoms with van der Waals surface area (Å²) in [4.78, 5) is 28.9. The Morgan fingerprint density at radius 1 is 1.07 bits per heavy atom. The van der Waals surface area contributed by atoms with Crippen LogP contribution in [0.15, 0.2) is 36.4 Å². The van der Waals surface area contributed by atoms with Crippen molar-refractivity contribution >= 4 is 11.7 Å². The third kappa shape index (κ3) is 10.5. The smallest absolute Gasteiger partial charge is 0.236 e. The highest BCUT2D eigenvalue weighted by atomic mass is 16.5. The number of hydrogen-bond acceptors (Lipinski definition) is 5. The number of allylic oxidation sites excluding steroid dienone is 1. The molecular weight excluding hydrogens is 342 g/mol. The van der Waals surface area contributed by atoms with E-state index in [1.807, 2.05) is 50.3 Å². The lowest BCUT2D eigenvalue weighted by atomic mass is 10.2. The van der Waals surface area contributed by atoms with Crippen molar-refractivity contribution < 1.29 is 14.3 Å². The lowest BCUT2D eigenvalue weighted by Crippen LogP contribution is -2.36. The van der Waals surface area contributed by atoms with Crippen LogP contribution >= 0.6 is 0 Å². The van der Waals surface area contributed by atoms with Gasteiger partial charge in [0.2, 0.25) is 5.91 Å². The third-order valence-corrected chi connectivity index (χ3v) is 3.96. The number of ether oxygens (including phenoxy) is 1. The second-order valence-electron chi connectivity index (χ2n) is 7.11. The van der Waals surface area contributed by atoms with Gasteiger partial charge in [0.1, 0.15) is 5.75 Å². The van der Waals surface area contributed by atoms with Gasteiger partial charge in [-0.15, -0.1) is 0 Å². The Balaban J connectivity index is 2.39. The SMILES string of the molecule is CC(=O)/C=C/CN(C)CC(=O)N(C)Cc1ccc(OCCCN(C)C)cc1. The first-order valence-electron chi connectivity index (χ1n) is 9.24. The fourth-order valence-electron chi connectivity index (χ4n) is 2.44. The molecule has 6 heteroatoms. The molecule has 0 N–H and O–H groups in total. The maximum atomic E-state index is 12.3. The van der Waals surface area contributed by atoms with E-state index in [0.717, 1.165) is 24.3 Å². The van der Waals surface area contributed by atoms with Crippen LogP contribution in [0.3, 0.4) is 0 Å². The predicted molar refractivity (Wildman–Crippen MR) is 109 cm³/mol. The summed E-state index contributed by atoms with van der Waals surface area (Å²) in [5, 5.41) is 0. The minimum atomic E-state index is 0.0111. The molecule has 27 heavy (non-hydrogen) atoms. The van der Waals surface area contributed by atoms with Gasteiger partial charge in [-0.25, -0.2) is 0 Å². The summed E-state index contributed by atoms with van der Waals surface area (Å²) < 4.78 is 5.73. The number of nitrogens with zero attached hydrogens (tertiary/aromatic N) is 3. The molecule has 0 aromatic heterocycles. The van der Waals surface area contributed by atoms with Crippen molar-refractivity contribution in [2.24, 2.45) is 0 Å². The van der Waals surface area contributed by atoms with Crippen molar-refractivity contribution in [1.82, 2.24) is 14.7 Å². The quantitative estimate of drug-likeness (QED) is 0.413. The second kappa shape index (κ2) is 12.3. The summed E-state index contributed by atoms with van der Waals surface area (Å²) in [6, 6.07) is 7.87. The van der Waals surface area contributed by atoms with E-state index in [9.17, 15) is 9.59 Å². The van der Waals surface area contributed by atoms with Crippen LogP contribution in [0.1, 0.15) is 18.9 Å². The molecule has 0 radical (unpaired) electrons. The van der Waals surface area contributed by atoms with E-state index < -0.39 is 0 Å². The molecule has 0 unspecified atom stereocenters. The van der Waals surface area contributed by atoms with Gasteiger partial charge in [0.25, 0.3) is 0 Å². The lowest BCUT2D eigenvalue weighted by molar-refractivity contribution is -0.131. The number of carbonyl (C=O) groups excluding carboxylic acids is 2. The van der Waals surface area contributed by atoms with Crippen LogP contribution in [-0.4, -0.2) is 80.8 Å². The lowest BCUT2D eigenvalue weighted by Gasteiger charge is -2.21. The number of benzene rings is 1. The van der Waals surface area contributed by atoms with Gasteiger partial charge in [-0.05, 0) is 58.3 Å². The number of carbonyl (C=O) groups is 2. The van der Waals surface area contributed by atoms with E-state index in [2.05, 4.69) is 4.90 Å². The molecule has 0 aliphatic carbocycles. The van der Waals surface area contributed by atoms with E-state index in [0.29, 0.717) is 26.2 Å². The summed E-state index contributed by atoms with van der Waals surface area (Å²) in [5.74, 6) is 0.901. The number of ketones is 1. The molecule has 0 saturated carbocycles. The Hall–Kier alpha value is -2.18. The van der Waals surface area contributed by atoms with Crippen molar-refractivity contribution in [3.8, 4) is 5.75 Å². The zero-order valence-corrected chi connectivity index (χ0v) is 17.3. The molecule has 1 rings (SSSR count). The van der Waals surface area contributed by atoms with Crippen molar-refractivity contribution in [1.29, 1.82) is 0 Å². The molecule has 1 aromatic carbocycles. The van der Waals surface area contributed by atoms with Crippen LogP contribution in [0.2, 0.25) is 0 Å². The van der Waals surface area contributed by atoms with Crippen molar-refractivity contribution in [2.45, 2.75) is 19.9 Å². The van der Waals surface area contributed by atoms with Gasteiger partial charge >= 0.3 is 0 Å². The fourth-order valence-corrected chi connectivity index (χ4v) is 2.44. The molecule has 6 nitrogen and oxygen atoms in total. The standard InChI is InChI=1S/C21H33N3O3/c1-18(25)8-6-14-23(4)17-21(26)24(5)16-19-9-11-20(12-10-19)27-15-7-13-22(2)3/h6,8-12H,7,13-17H2,1-5H3/b8-6+. The van der Waals surface area contributed by atoms with Gasteiger partial charge in [-0.1, -0.05) is 18.2 Å². The minimum absolute atomic E-state index is 0.0111. The number of likely N-dealkylation sites (N-methyl/N-ethyl adjacent to an activating group) is 2. The second-order valence-corrected chi connectivity index (χ2v) is 7.11. The molecule has 0 aliphatic rings. The van der Waals surface area contributed by atoms with Crippen LogP contribution in [0.25, 0.3) is 0 Å². The molecule has 0 fully saturated rings. The van der Waals surface area contributed by atoms with E-state index in [1.165, 1.54) is 13.0 Å². The minimum Gasteiger partial charge on any atom is -0.494 e. The van der Waals surface area contributed by atoms with Gasteiger partial charge in [-0.3, -0.25) is 14.5 Å². The number of hydrogen-bond donors (Lipinski definition) is 0. The number of amides is 1. The molecule has 0 spiro atoms. The average molecular weight is 376 g/mol. The van der Waals surface area contributed by atoms with Crippen molar-refractivity contribution in [2.75, 3.05) is 54.4 Å². The predicted octanol–water partition coefficient (Wildman–Crippen LogP) is 2.05. The molecule has 0 saturated heterocycles. The van der Waals surface area contributed by atoms with Crippen LogP contribution < -0.4 is 4.74 Å². The first-order chi connectivity index (χ1) is 12.8. The number of rotatable bonds is 12. The zero-order valence-electron chi connectivity index (χ0n) is 17.3. The Morgan fingerprint density at radius 2 is 1.74 bits per heavy atom. The Kier molecular flexibility index (Phi) is 10.4. The van der Waals surface area contributed by atoms with Gasteiger partial charge in [0.15, 0.2) is 5.78 Å². The van der Waals surface area contributed by atoms with Crippen LogP contribution in [-0.2, 0) is 16.1 Å². The highest BCUT2D eigenvalue weighted by Crippen LogP contribution is 2.14. The monoisotopic (exact) mass is 375 g/mol. The maximum absolute atomic E-state index is 12.3. The van der Waals surface area contributed by atoms with Crippen LogP contribution in [0.5, 0.6) is 5.75 Å². The normalized spacial score (nSPS) is 11.4. The summed E-state index contributed by atoms with van der Waals surface area (Å²) in [6.07, 6.45) is 4.28. The summed E-state index contributed by atoms with van der Waals surface area (Å²) in [7, 11) is 7.76. The molecule has 1 aromatic rings. The fraction of sp³-hybridized carbons (Fsp3) is 0.524. The third-order valence-electron chi connectivity index (χ3n) is 3.96. The van der Waals surface area contributed by atoms with Crippen molar-refractivity contribution in [3.63, 3.8) is 0 Å². The Morgan fingerprint density at radius 3 is 2.33 bits per heavy atom. The first kappa shape index (κ1) is 22.9. The largest absolute Gasteiger partial charge is 0.494 e. The van der Waals surface area contributed by atoms with Crippen LogP contribution in [0, 0.1) is 0 Å². The van der Waals surface area contributed by atoms with Gasteiger partial charge in [0, 0.05) is 26.7 Å². The zero-order chi connectivity index (χ0) is 20.2. The molecule has 1 amide bonds. The summed E-state index contributed by atoms with van der Waals surface area (Å²) >= 11 is 0. The van der Waals surface area contributed by atoms with Gasteiger partial charge in [-0.2, -0.15) is 0 Å². The van der Waals surface area contributed by atoms with E-state index >= 15 is 0 Å². The van der Waals surface area contributed by atoms with Crippen molar-refractivity contribution in [3.05, 3.63) is 42.0 Å². The highest BCUT2D eigenvalue weighted by Gasteiger charge is 2.11.